The van der Waals surface area contributed by atoms with Crippen molar-refractivity contribution >= 4 is 0 Å². The van der Waals surface area contributed by atoms with Gasteiger partial charge in [0.05, 0.1) is 0 Å². The summed E-state index contributed by atoms with van der Waals surface area (Å²) < 4.78 is 37.1. The van der Waals surface area contributed by atoms with Gasteiger partial charge in [-0.3, -0.25) is 5.84 Å². The average molecular weight is 225 g/mol. The Bertz CT molecular complexity index is 278. The molecule has 1 aromatic rings. The van der Waals surface area contributed by atoms with Gasteiger partial charge in [0, 0.05) is 5.10 Å². The highest BCUT2D eigenvalue weighted by atomic mass is 35.7. The third-order valence-electron chi connectivity index (χ3n) is 0.916. The molecule has 0 saturated carbocycles. The van der Waals surface area contributed by atoms with Crippen LogP contribution >= 0.6 is 0 Å². The van der Waals surface area contributed by atoms with Gasteiger partial charge in [-0.05, 0) is 0 Å². The lowest BCUT2D eigenvalue weighted by molar-refractivity contribution is -2.00. The highest BCUT2D eigenvalue weighted by molar-refractivity contribution is 4.65. The largest absolute Gasteiger partial charge is 0.289 e. The van der Waals surface area contributed by atoms with E-state index in [4.69, 9.17) is 24.5 Å². The van der Waals surface area contributed by atoms with E-state index in [2.05, 4.69) is 11.7 Å². The van der Waals surface area contributed by atoms with Gasteiger partial charge in [-0.15, -0.1) is 19.6 Å². The number of halogens is 1. The van der Waals surface area contributed by atoms with E-state index >= 15 is 0 Å². The van der Waals surface area contributed by atoms with Crippen molar-refractivity contribution in [1.29, 1.82) is 0 Å². The van der Waals surface area contributed by atoms with Crippen molar-refractivity contribution in [2.45, 2.75) is 6.54 Å². The third kappa shape index (κ3) is 8.90. The summed E-state index contributed by atoms with van der Waals surface area (Å²) in [5.74, 6) is 5.31. The molecule has 0 aliphatic heterocycles. The van der Waals surface area contributed by atoms with Crippen LogP contribution in [0.15, 0.2) is 25.3 Å². The highest BCUT2D eigenvalue weighted by Crippen LogP contribution is 1.75. The second-order valence-corrected chi connectivity index (χ2v) is 2.84. The average Bonchev–Trinajstić information content (AvgIpc) is 2.32. The topological polar surface area (TPSA) is 140 Å². The van der Waals surface area contributed by atoms with Crippen LogP contribution in [0.25, 0.3) is 0 Å². The molecular weight excluding hydrogens is 216 g/mol. The maximum atomic E-state index is 8.49. The summed E-state index contributed by atoms with van der Waals surface area (Å²) in [7, 11) is -4.94. The molecule has 0 fully saturated rings. The first kappa shape index (κ1) is 12.8. The number of allylic oxidation sites excluding steroid dienone is 1. The monoisotopic (exact) mass is 224 g/mol. The minimum atomic E-state index is -4.94. The fourth-order valence-electron chi connectivity index (χ4n) is 0.566. The summed E-state index contributed by atoms with van der Waals surface area (Å²) in [5, 5.41) is 3.89. The zero-order valence-corrected chi connectivity index (χ0v) is 7.83. The molecule has 0 aliphatic carbocycles. The number of nitrogens with two attached hydrogens (primary N) is 1. The van der Waals surface area contributed by atoms with E-state index in [1.807, 2.05) is 0 Å². The fraction of sp³-hybridized carbons (Fsp3) is 0.200. The van der Waals surface area contributed by atoms with E-state index in [9.17, 15) is 0 Å². The molecule has 1 rings (SSSR count). The maximum Gasteiger partial charge on any atom is 0.286 e. The van der Waals surface area contributed by atoms with Gasteiger partial charge in [-0.1, -0.05) is 12.7 Å². The van der Waals surface area contributed by atoms with Crippen molar-refractivity contribution in [2.24, 2.45) is 0 Å². The Morgan fingerprint density at radius 2 is 2.00 bits per heavy atom. The van der Waals surface area contributed by atoms with Gasteiger partial charge >= 0.3 is 0 Å². The molecule has 1 aromatic heterocycles. The Balaban J connectivity index is 0.000000292. The molecule has 2 N–H and O–H groups in total. The second kappa shape index (κ2) is 5.52. The standard InChI is InChI=1S/C5H9N4.ClHO4/c1-2-3-9-5-8(6)4-7-9;2-1(3,4)5/h2,4-5H,1,3,6H2;(H,2,3,4,5)/q+1;/p-1. The van der Waals surface area contributed by atoms with Gasteiger partial charge in [0.15, 0.2) is 0 Å². The normalized spacial score (nSPS) is 10.3. The van der Waals surface area contributed by atoms with Crippen LogP contribution < -0.4 is 29.2 Å². The van der Waals surface area contributed by atoms with Crippen molar-refractivity contribution in [2.75, 3.05) is 5.84 Å². The SMILES string of the molecule is C=CCn1c[n+](N)cn1.[O-][Cl+3]([O-])([O-])[O-]. The van der Waals surface area contributed by atoms with Crippen LogP contribution in [0.5, 0.6) is 0 Å². The minimum absolute atomic E-state index is 0.699. The predicted octanol–water partition coefficient (Wildman–Crippen LogP) is -5.69. The van der Waals surface area contributed by atoms with E-state index in [0.717, 1.165) is 0 Å². The van der Waals surface area contributed by atoms with E-state index in [0.29, 0.717) is 6.54 Å². The minimum Gasteiger partial charge on any atom is -0.289 e. The zero-order chi connectivity index (χ0) is 11.2. The molecule has 0 radical (unpaired) electrons. The molecule has 0 spiro atoms. The van der Waals surface area contributed by atoms with Gasteiger partial charge in [-0.2, -0.15) is 0 Å². The highest BCUT2D eigenvalue weighted by Gasteiger charge is 1.97. The van der Waals surface area contributed by atoms with E-state index in [1.54, 1.807) is 17.1 Å². The molecule has 80 valence electrons. The van der Waals surface area contributed by atoms with Crippen LogP contribution in [0.3, 0.4) is 0 Å². The fourth-order valence-corrected chi connectivity index (χ4v) is 0.566. The molecule has 9 heteroatoms. The third-order valence-corrected chi connectivity index (χ3v) is 0.916. The number of aromatic nitrogens is 3. The van der Waals surface area contributed by atoms with Crippen molar-refractivity contribution < 1.29 is 33.6 Å². The molecule has 0 bridgehead atoms. The Labute approximate surface area is 81.8 Å². The summed E-state index contributed by atoms with van der Waals surface area (Å²) in [4.78, 5) is 0. The number of rotatable bonds is 2. The molecule has 8 nitrogen and oxygen atoms in total. The number of hydrogen-bond donors (Lipinski definition) is 1. The second-order valence-electron chi connectivity index (χ2n) is 2.08. The lowest BCUT2D eigenvalue weighted by Gasteiger charge is -2.17. The molecule has 0 saturated heterocycles. The van der Waals surface area contributed by atoms with Crippen LogP contribution in [0.4, 0.5) is 0 Å². The van der Waals surface area contributed by atoms with Gasteiger partial charge in [0.2, 0.25) is 6.33 Å². The Morgan fingerprint density at radius 3 is 2.29 bits per heavy atom. The van der Waals surface area contributed by atoms with Crippen molar-refractivity contribution in [1.82, 2.24) is 9.78 Å². The lowest BCUT2D eigenvalue weighted by atomic mass is 10.6. The van der Waals surface area contributed by atoms with E-state index in [-0.39, 0.29) is 0 Å². The summed E-state index contributed by atoms with van der Waals surface area (Å²) in [5.41, 5.74) is 0. The van der Waals surface area contributed by atoms with Crippen LogP contribution in [-0.2, 0) is 6.54 Å². The molecule has 14 heavy (non-hydrogen) atoms. The first-order valence-electron chi connectivity index (χ1n) is 3.24. The quantitative estimate of drug-likeness (QED) is 0.302. The molecule has 0 aromatic carbocycles. The van der Waals surface area contributed by atoms with E-state index in [1.165, 1.54) is 11.0 Å². The van der Waals surface area contributed by atoms with Crippen LogP contribution in [-0.4, -0.2) is 9.78 Å². The lowest BCUT2D eigenvalue weighted by Crippen LogP contribution is -2.68. The number of hydrogen-bond acceptors (Lipinski definition) is 6. The molecule has 0 unspecified atom stereocenters. The molecule has 1 heterocycles. The number of nitrogens with zero attached hydrogens (tertiary/aromatic N) is 3. The Morgan fingerprint density at radius 1 is 1.50 bits per heavy atom. The Kier molecular flexibility index (Phi) is 5.05. The smallest absolute Gasteiger partial charge is 0.286 e. The summed E-state index contributed by atoms with van der Waals surface area (Å²) in [6, 6.07) is 0. The summed E-state index contributed by atoms with van der Waals surface area (Å²) in [6.07, 6.45) is 4.97. The van der Waals surface area contributed by atoms with Crippen molar-refractivity contribution in [3.8, 4) is 0 Å². The maximum absolute atomic E-state index is 8.49. The van der Waals surface area contributed by atoms with Gasteiger partial charge in [0.1, 0.15) is 6.54 Å². The molecule has 0 amide bonds. The van der Waals surface area contributed by atoms with E-state index < -0.39 is 10.2 Å². The van der Waals surface area contributed by atoms with Crippen LogP contribution in [0.2, 0.25) is 0 Å². The Hall–Kier alpha value is -1.19. The molecule has 0 atom stereocenters. The van der Waals surface area contributed by atoms with Gasteiger partial charge < -0.3 is 0 Å². The molecular formula is C5H9ClN4O4. The summed E-state index contributed by atoms with van der Waals surface area (Å²) >= 11 is 0. The van der Waals surface area contributed by atoms with Gasteiger partial charge in [-0.25, -0.2) is 18.6 Å². The van der Waals surface area contributed by atoms with Crippen molar-refractivity contribution in [3.63, 3.8) is 0 Å². The number of nitrogen functional groups attached to an aromatic ring is 1. The predicted molar refractivity (Wildman–Crippen MR) is 32.8 cm³/mol. The first-order valence-corrected chi connectivity index (χ1v) is 4.48. The van der Waals surface area contributed by atoms with Crippen molar-refractivity contribution in [3.05, 3.63) is 25.3 Å². The van der Waals surface area contributed by atoms with Gasteiger partial charge in [0.25, 0.3) is 6.33 Å². The summed E-state index contributed by atoms with van der Waals surface area (Å²) in [6.45, 7) is 4.25. The van der Waals surface area contributed by atoms with Crippen LogP contribution in [0.1, 0.15) is 0 Å². The first-order chi connectivity index (χ1) is 6.33. The zero-order valence-electron chi connectivity index (χ0n) is 7.08. The van der Waals surface area contributed by atoms with Crippen LogP contribution in [0, 0.1) is 10.2 Å². The molecule has 0 aliphatic rings.